The number of likely N-dealkylation sites (N-methyl/N-ethyl adjacent to an activating group) is 1. The van der Waals surface area contributed by atoms with Gasteiger partial charge in [-0.05, 0) is 54.0 Å². The molecule has 0 spiro atoms. The van der Waals surface area contributed by atoms with Gasteiger partial charge in [0.2, 0.25) is 11.8 Å². The Kier molecular flexibility index (Phi) is 6.41. The molecule has 2 N–H and O–H groups in total. The highest BCUT2D eigenvalue weighted by Gasteiger charge is 2.31. The van der Waals surface area contributed by atoms with Gasteiger partial charge in [0.05, 0.1) is 29.1 Å². The molecule has 5 rings (SSSR count). The van der Waals surface area contributed by atoms with Crippen molar-refractivity contribution in [2.75, 3.05) is 37.8 Å². The number of anilines is 1. The second-order valence-electron chi connectivity index (χ2n) is 9.98. The second kappa shape index (κ2) is 9.37. The number of benzene rings is 2. The first-order valence-corrected chi connectivity index (χ1v) is 13.8. The normalized spacial score (nSPS) is 22.3. The highest BCUT2D eigenvalue weighted by molar-refractivity contribution is 7.92. The summed E-state index contributed by atoms with van der Waals surface area (Å²) in [7, 11) is -1.86. The van der Waals surface area contributed by atoms with Crippen molar-refractivity contribution in [1.29, 1.82) is 0 Å². The average Bonchev–Trinajstić information content (AvgIpc) is 3.58. The molecule has 2 aliphatic heterocycles. The summed E-state index contributed by atoms with van der Waals surface area (Å²) in [6.07, 6.45) is 2.88. The molecule has 8 nitrogen and oxygen atoms in total. The van der Waals surface area contributed by atoms with Crippen LogP contribution in [0.15, 0.2) is 47.4 Å². The Morgan fingerprint density at radius 2 is 2.00 bits per heavy atom. The van der Waals surface area contributed by atoms with Crippen LogP contribution in [0.25, 0.3) is 0 Å². The monoisotopic (exact) mass is 497 g/mol. The molecule has 0 bridgehead atoms. The Balaban J connectivity index is 1.37. The molecule has 2 heterocycles. The molecule has 0 aromatic heterocycles. The summed E-state index contributed by atoms with van der Waals surface area (Å²) in [5, 5.41) is 12.6. The number of sulfone groups is 1. The fourth-order valence-electron chi connectivity index (χ4n) is 5.08. The first kappa shape index (κ1) is 24.0. The van der Waals surface area contributed by atoms with Crippen LogP contribution < -0.4 is 5.32 Å². The van der Waals surface area contributed by atoms with Crippen molar-refractivity contribution in [2.24, 2.45) is 0 Å². The first-order chi connectivity index (χ1) is 16.7. The highest BCUT2D eigenvalue weighted by Crippen LogP contribution is 2.41. The summed E-state index contributed by atoms with van der Waals surface area (Å²) < 4.78 is 24.6. The maximum Gasteiger partial charge on any atom is 0.239 e. The van der Waals surface area contributed by atoms with E-state index in [1.54, 1.807) is 24.1 Å². The fourth-order valence-corrected chi connectivity index (χ4v) is 6.37. The maximum atomic E-state index is 13.4. The molecule has 2 aromatic rings. The molecule has 1 saturated carbocycles. The second-order valence-corrected chi connectivity index (χ2v) is 11.9. The number of nitrogens with one attached hydrogen (secondary N) is 1. The Labute approximate surface area is 205 Å². The SMILES string of the molecule is CN(C(=O)Cc1ccc2c(c1)NC(=O)CS2(=O)=O)C(CN1CC[C@@H](O)C1)c1cccc(C2CC2)c1. The number of carbonyl (C=O) groups excluding carboxylic acids is 2. The van der Waals surface area contributed by atoms with E-state index in [1.165, 1.54) is 24.5 Å². The molecule has 2 amide bonds. The summed E-state index contributed by atoms with van der Waals surface area (Å²) >= 11 is 0. The summed E-state index contributed by atoms with van der Waals surface area (Å²) in [4.78, 5) is 29.3. The third-order valence-corrected chi connectivity index (χ3v) is 8.88. The number of likely N-dealkylation sites (tertiary alicyclic amines) is 1. The fraction of sp³-hybridized carbons (Fsp3) is 0.462. The minimum absolute atomic E-state index is 0.0845. The molecular formula is C26H31N3O5S. The Hall–Kier alpha value is -2.75. The van der Waals surface area contributed by atoms with Crippen molar-refractivity contribution in [1.82, 2.24) is 9.80 Å². The van der Waals surface area contributed by atoms with Gasteiger partial charge in [0.25, 0.3) is 0 Å². The zero-order valence-electron chi connectivity index (χ0n) is 19.8. The van der Waals surface area contributed by atoms with Crippen LogP contribution in [0.5, 0.6) is 0 Å². The molecule has 9 heteroatoms. The smallest absolute Gasteiger partial charge is 0.239 e. The van der Waals surface area contributed by atoms with Crippen LogP contribution in [-0.4, -0.2) is 73.7 Å². The van der Waals surface area contributed by atoms with Gasteiger partial charge in [-0.15, -0.1) is 0 Å². The molecule has 35 heavy (non-hydrogen) atoms. The Morgan fingerprint density at radius 1 is 1.20 bits per heavy atom. The van der Waals surface area contributed by atoms with Gasteiger partial charge >= 0.3 is 0 Å². The van der Waals surface area contributed by atoms with Crippen molar-refractivity contribution in [3.05, 3.63) is 59.2 Å². The number of hydrogen-bond donors (Lipinski definition) is 2. The largest absolute Gasteiger partial charge is 0.392 e. The standard InChI is InChI=1S/C26H31N3O5S/c1-28(26(32)12-17-5-8-24-22(11-17)27-25(31)16-35(24,33)34)23(15-29-10-9-21(30)14-29)20-4-2-3-19(13-20)18-6-7-18/h2-5,8,11,13,18,21,23,30H,6-7,9-10,12,14-16H2,1H3,(H,27,31)/t21-,23?/m1/s1. The van der Waals surface area contributed by atoms with E-state index in [2.05, 4.69) is 34.5 Å². The zero-order chi connectivity index (χ0) is 24.7. The number of aliphatic hydroxyl groups excluding tert-OH is 1. The van der Waals surface area contributed by atoms with Gasteiger partial charge in [-0.2, -0.15) is 0 Å². The number of fused-ring (bicyclic) bond motifs is 1. The van der Waals surface area contributed by atoms with E-state index in [0.717, 1.165) is 18.5 Å². The van der Waals surface area contributed by atoms with E-state index in [-0.39, 0.29) is 35.1 Å². The van der Waals surface area contributed by atoms with Crippen molar-refractivity contribution in [3.8, 4) is 0 Å². The Morgan fingerprint density at radius 3 is 2.71 bits per heavy atom. The van der Waals surface area contributed by atoms with Crippen LogP contribution in [0.1, 0.15) is 47.9 Å². The van der Waals surface area contributed by atoms with Crippen LogP contribution >= 0.6 is 0 Å². The number of carbonyl (C=O) groups is 2. The van der Waals surface area contributed by atoms with Crippen LogP contribution in [0.2, 0.25) is 0 Å². The quantitative estimate of drug-likeness (QED) is 0.607. The molecule has 1 unspecified atom stereocenters. The molecule has 2 fully saturated rings. The molecule has 186 valence electrons. The zero-order valence-corrected chi connectivity index (χ0v) is 20.6. The summed E-state index contributed by atoms with van der Waals surface area (Å²) in [5.41, 5.74) is 3.26. The summed E-state index contributed by atoms with van der Waals surface area (Å²) in [5.74, 6) is -0.626. The number of rotatable bonds is 7. The van der Waals surface area contributed by atoms with Gasteiger partial charge in [-0.1, -0.05) is 30.3 Å². The molecule has 1 saturated heterocycles. The molecular weight excluding hydrogens is 466 g/mol. The Bertz CT molecular complexity index is 1260. The van der Waals surface area contributed by atoms with Crippen LogP contribution in [0.4, 0.5) is 5.69 Å². The molecule has 2 aromatic carbocycles. The predicted molar refractivity (Wildman–Crippen MR) is 132 cm³/mol. The van der Waals surface area contributed by atoms with Crippen molar-refractivity contribution in [3.63, 3.8) is 0 Å². The lowest BCUT2D eigenvalue weighted by atomic mass is 9.99. The number of aliphatic hydroxyl groups is 1. The highest BCUT2D eigenvalue weighted by atomic mass is 32.2. The van der Waals surface area contributed by atoms with Crippen molar-refractivity contribution in [2.45, 2.75) is 48.6 Å². The topological polar surface area (TPSA) is 107 Å². The number of nitrogens with zero attached hydrogens (tertiary/aromatic N) is 2. The summed E-state index contributed by atoms with van der Waals surface area (Å²) in [6, 6.07) is 13.0. The maximum absolute atomic E-state index is 13.4. The van der Waals surface area contributed by atoms with E-state index in [9.17, 15) is 23.1 Å². The van der Waals surface area contributed by atoms with Crippen molar-refractivity contribution < 1.29 is 23.1 Å². The number of amides is 2. The minimum atomic E-state index is -3.66. The van der Waals surface area contributed by atoms with E-state index in [0.29, 0.717) is 24.6 Å². The third-order valence-electron chi connectivity index (χ3n) is 7.21. The van der Waals surface area contributed by atoms with Gasteiger partial charge in [0, 0.05) is 26.7 Å². The van der Waals surface area contributed by atoms with E-state index >= 15 is 0 Å². The molecule has 0 radical (unpaired) electrons. The van der Waals surface area contributed by atoms with Crippen molar-refractivity contribution >= 4 is 27.3 Å². The summed E-state index contributed by atoms with van der Waals surface area (Å²) in [6.45, 7) is 2.02. The van der Waals surface area contributed by atoms with Gasteiger partial charge in [-0.25, -0.2) is 8.42 Å². The number of hydrogen-bond acceptors (Lipinski definition) is 6. The lowest BCUT2D eigenvalue weighted by Crippen LogP contribution is -2.39. The van der Waals surface area contributed by atoms with Crippen LogP contribution in [0, 0.1) is 0 Å². The van der Waals surface area contributed by atoms with Crippen LogP contribution in [0.3, 0.4) is 0 Å². The lowest BCUT2D eigenvalue weighted by Gasteiger charge is -2.32. The van der Waals surface area contributed by atoms with E-state index in [4.69, 9.17) is 0 Å². The van der Waals surface area contributed by atoms with Gasteiger partial charge in [-0.3, -0.25) is 14.5 Å². The van der Waals surface area contributed by atoms with Gasteiger partial charge in [0.15, 0.2) is 9.84 Å². The first-order valence-electron chi connectivity index (χ1n) is 12.1. The number of β-amino-alcohol motifs (C(OH)–C–C–N with tert-alkyl or cyclic N) is 1. The van der Waals surface area contributed by atoms with E-state index < -0.39 is 21.5 Å². The van der Waals surface area contributed by atoms with Gasteiger partial charge in [0.1, 0.15) is 5.75 Å². The molecule has 2 atom stereocenters. The molecule has 1 aliphatic carbocycles. The average molecular weight is 498 g/mol. The lowest BCUT2D eigenvalue weighted by molar-refractivity contribution is -0.131. The molecule has 3 aliphatic rings. The van der Waals surface area contributed by atoms with Gasteiger partial charge < -0.3 is 15.3 Å². The van der Waals surface area contributed by atoms with E-state index in [1.807, 2.05) is 0 Å². The van der Waals surface area contributed by atoms with Crippen LogP contribution in [-0.2, 0) is 25.8 Å². The third kappa shape index (κ3) is 5.27. The predicted octanol–water partition coefficient (Wildman–Crippen LogP) is 2.10. The minimum Gasteiger partial charge on any atom is -0.392 e.